The minimum Gasteiger partial charge on any atom is -0.370 e. The molecule has 1 aromatic carbocycles. The normalized spacial score (nSPS) is 13.3. The van der Waals surface area contributed by atoms with Crippen LogP contribution in [0.1, 0.15) is 29.3 Å². The maximum absolute atomic E-state index is 4.82. The minimum atomic E-state index is 0.859. The van der Waals surface area contributed by atoms with E-state index in [9.17, 15) is 0 Å². The Kier molecular flexibility index (Phi) is 3.66. The maximum Gasteiger partial charge on any atom is 0.162 e. The van der Waals surface area contributed by atoms with E-state index in [4.69, 9.17) is 9.97 Å². The molecule has 4 heteroatoms. The van der Waals surface area contributed by atoms with Crippen molar-refractivity contribution in [3.05, 3.63) is 40.6 Å². The Morgan fingerprint density at radius 2 is 1.90 bits per heavy atom. The van der Waals surface area contributed by atoms with Crippen LogP contribution in [-0.4, -0.2) is 16.5 Å². The van der Waals surface area contributed by atoms with E-state index in [1.807, 2.05) is 11.8 Å². The Balaban J connectivity index is 2.17. The first-order chi connectivity index (χ1) is 9.70. The topological polar surface area (TPSA) is 37.8 Å². The fraction of sp³-hybridized carbons (Fsp3) is 0.375. The first kappa shape index (κ1) is 13.4. The quantitative estimate of drug-likeness (QED) is 0.927. The molecule has 0 fully saturated rings. The van der Waals surface area contributed by atoms with Crippen molar-refractivity contribution in [2.75, 3.05) is 11.9 Å². The number of hydrogen-bond acceptors (Lipinski definition) is 4. The van der Waals surface area contributed by atoms with Crippen molar-refractivity contribution in [2.24, 2.45) is 0 Å². The second kappa shape index (κ2) is 5.44. The lowest BCUT2D eigenvalue weighted by molar-refractivity contribution is 1.04. The van der Waals surface area contributed by atoms with Crippen LogP contribution in [0.5, 0.6) is 0 Å². The van der Waals surface area contributed by atoms with E-state index in [1.165, 1.54) is 27.9 Å². The standard InChI is InChI=1S/C16H19N3S/c1-4-17-15-12-8-20-9-13(12)18-16(19-15)14-10(2)6-5-7-11(14)3/h5-7H,4,8-9H2,1-3H3,(H,17,18,19). The highest BCUT2D eigenvalue weighted by Crippen LogP contribution is 2.35. The Hall–Kier alpha value is -1.55. The lowest BCUT2D eigenvalue weighted by atomic mass is 10.0. The van der Waals surface area contributed by atoms with E-state index in [2.05, 4.69) is 44.3 Å². The number of aryl methyl sites for hydroxylation is 2. The summed E-state index contributed by atoms with van der Waals surface area (Å²) in [7, 11) is 0. The largest absolute Gasteiger partial charge is 0.370 e. The highest BCUT2D eigenvalue weighted by Gasteiger charge is 2.21. The second-order valence-corrected chi connectivity index (χ2v) is 6.10. The smallest absolute Gasteiger partial charge is 0.162 e. The van der Waals surface area contributed by atoms with Gasteiger partial charge in [-0.3, -0.25) is 0 Å². The zero-order valence-electron chi connectivity index (χ0n) is 12.2. The van der Waals surface area contributed by atoms with Crippen LogP contribution in [0.3, 0.4) is 0 Å². The third-order valence-corrected chi connectivity index (χ3v) is 4.60. The fourth-order valence-electron chi connectivity index (χ4n) is 2.64. The van der Waals surface area contributed by atoms with Crippen LogP contribution in [0.25, 0.3) is 11.4 Å². The lowest BCUT2D eigenvalue weighted by Crippen LogP contribution is -2.07. The van der Waals surface area contributed by atoms with Crippen LogP contribution in [0, 0.1) is 13.8 Å². The number of hydrogen-bond donors (Lipinski definition) is 1. The van der Waals surface area contributed by atoms with Crippen LogP contribution >= 0.6 is 11.8 Å². The zero-order valence-corrected chi connectivity index (χ0v) is 13.0. The molecule has 3 nitrogen and oxygen atoms in total. The predicted octanol–water partition coefficient (Wildman–Crippen LogP) is 3.94. The number of benzene rings is 1. The van der Waals surface area contributed by atoms with E-state index >= 15 is 0 Å². The summed E-state index contributed by atoms with van der Waals surface area (Å²) in [6.45, 7) is 7.25. The van der Waals surface area contributed by atoms with E-state index in [0.717, 1.165) is 29.7 Å². The molecule has 20 heavy (non-hydrogen) atoms. The van der Waals surface area contributed by atoms with Gasteiger partial charge in [0.2, 0.25) is 0 Å². The summed E-state index contributed by atoms with van der Waals surface area (Å²) in [5.41, 5.74) is 6.12. The van der Waals surface area contributed by atoms with E-state index in [0.29, 0.717) is 0 Å². The SMILES string of the molecule is CCNc1nc(-c2c(C)cccc2C)nc2c1CSC2. The Bertz CT molecular complexity index is 632. The molecule has 1 aliphatic heterocycles. The van der Waals surface area contributed by atoms with Crippen LogP contribution in [0.15, 0.2) is 18.2 Å². The highest BCUT2D eigenvalue weighted by molar-refractivity contribution is 7.98. The molecule has 0 radical (unpaired) electrons. The number of fused-ring (bicyclic) bond motifs is 1. The Morgan fingerprint density at radius 1 is 1.15 bits per heavy atom. The van der Waals surface area contributed by atoms with Gasteiger partial charge in [-0.2, -0.15) is 11.8 Å². The van der Waals surface area contributed by atoms with Crippen molar-refractivity contribution in [3.8, 4) is 11.4 Å². The van der Waals surface area contributed by atoms with Gasteiger partial charge in [0.05, 0.1) is 5.69 Å². The maximum atomic E-state index is 4.82. The summed E-state index contributed by atoms with van der Waals surface area (Å²) in [4.78, 5) is 9.61. The predicted molar refractivity (Wildman–Crippen MR) is 86.1 cm³/mol. The Morgan fingerprint density at radius 3 is 2.60 bits per heavy atom. The number of thioether (sulfide) groups is 1. The molecule has 0 atom stereocenters. The van der Waals surface area contributed by atoms with E-state index in [-0.39, 0.29) is 0 Å². The molecule has 0 aliphatic carbocycles. The highest BCUT2D eigenvalue weighted by atomic mass is 32.2. The molecule has 2 aromatic rings. The van der Waals surface area contributed by atoms with Gasteiger partial charge in [0.25, 0.3) is 0 Å². The van der Waals surface area contributed by atoms with Gasteiger partial charge in [-0.05, 0) is 31.9 Å². The van der Waals surface area contributed by atoms with Crippen molar-refractivity contribution in [1.82, 2.24) is 9.97 Å². The van der Waals surface area contributed by atoms with Gasteiger partial charge in [-0.1, -0.05) is 18.2 Å². The lowest BCUT2D eigenvalue weighted by Gasteiger charge is -2.13. The average Bonchev–Trinajstić information content (AvgIpc) is 2.87. The molecular weight excluding hydrogens is 266 g/mol. The van der Waals surface area contributed by atoms with Gasteiger partial charge >= 0.3 is 0 Å². The van der Waals surface area contributed by atoms with Crippen molar-refractivity contribution in [2.45, 2.75) is 32.3 Å². The summed E-state index contributed by atoms with van der Waals surface area (Å²) in [5.74, 6) is 3.89. The number of nitrogens with zero attached hydrogens (tertiary/aromatic N) is 2. The van der Waals surface area contributed by atoms with Crippen molar-refractivity contribution in [1.29, 1.82) is 0 Å². The molecule has 1 aromatic heterocycles. The first-order valence-corrected chi connectivity index (χ1v) is 8.14. The van der Waals surface area contributed by atoms with Gasteiger partial charge in [0.15, 0.2) is 5.82 Å². The van der Waals surface area contributed by atoms with Gasteiger partial charge < -0.3 is 5.32 Å². The van der Waals surface area contributed by atoms with Crippen LogP contribution < -0.4 is 5.32 Å². The zero-order chi connectivity index (χ0) is 14.1. The van der Waals surface area contributed by atoms with Crippen LogP contribution in [-0.2, 0) is 11.5 Å². The summed E-state index contributed by atoms with van der Waals surface area (Å²) in [6, 6.07) is 6.34. The fourth-order valence-corrected chi connectivity index (χ4v) is 3.69. The summed E-state index contributed by atoms with van der Waals surface area (Å²) in [5, 5.41) is 3.39. The molecule has 0 unspecified atom stereocenters. The minimum absolute atomic E-state index is 0.859. The van der Waals surface area contributed by atoms with E-state index < -0.39 is 0 Å². The third kappa shape index (κ3) is 2.29. The molecule has 104 valence electrons. The molecule has 0 spiro atoms. The van der Waals surface area contributed by atoms with Crippen LogP contribution in [0.2, 0.25) is 0 Å². The number of rotatable bonds is 3. The number of aromatic nitrogens is 2. The van der Waals surface area contributed by atoms with Crippen molar-refractivity contribution >= 4 is 17.6 Å². The van der Waals surface area contributed by atoms with Crippen molar-refractivity contribution in [3.63, 3.8) is 0 Å². The van der Waals surface area contributed by atoms with E-state index in [1.54, 1.807) is 0 Å². The molecule has 0 saturated heterocycles. The Labute approximate surface area is 124 Å². The first-order valence-electron chi connectivity index (χ1n) is 6.98. The third-order valence-electron chi connectivity index (χ3n) is 3.63. The monoisotopic (exact) mass is 285 g/mol. The molecule has 2 heterocycles. The summed E-state index contributed by atoms with van der Waals surface area (Å²) >= 11 is 1.91. The molecule has 0 saturated carbocycles. The molecule has 1 aliphatic rings. The summed E-state index contributed by atoms with van der Waals surface area (Å²) in [6.07, 6.45) is 0. The van der Waals surface area contributed by atoms with Crippen molar-refractivity contribution < 1.29 is 0 Å². The van der Waals surface area contributed by atoms with Gasteiger partial charge in [-0.15, -0.1) is 0 Å². The molecule has 3 rings (SSSR count). The average molecular weight is 285 g/mol. The second-order valence-electron chi connectivity index (χ2n) is 5.11. The van der Waals surface area contributed by atoms with Gasteiger partial charge in [-0.25, -0.2) is 9.97 Å². The van der Waals surface area contributed by atoms with Crippen LogP contribution in [0.4, 0.5) is 5.82 Å². The molecule has 1 N–H and O–H groups in total. The number of anilines is 1. The summed E-state index contributed by atoms with van der Waals surface area (Å²) < 4.78 is 0. The molecule has 0 amide bonds. The van der Waals surface area contributed by atoms with Gasteiger partial charge in [0.1, 0.15) is 5.82 Å². The van der Waals surface area contributed by atoms with Gasteiger partial charge in [0, 0.05) is 29.2 Å². The molecule has 0 bridgehead atoms. The molecular formula is C16H19N3S. The number of nitrogens with one attached hydrogen (secondary N) is 1.